The number of ether oxygens (including phenoxy) is 4. The van der Waals surface area contributed by atoms with Crippen molar-refractivity contribution in [2.24, 2.45) is 0 Å². The summed E-state index contributed by atoms with van der Waals surface area (Å²) in [5.74, 6) is -1.98. The summed E-state index contributed by atoms with van der Waals surface area (Å²) in [6.07, 6.45) is -5.00. The summed E-state index contributed by atoms with van der Waals surface area (Å²) in [6, 6.07) is 19.5. The van der Waals surface area contributed by atoms with E-state index >= 15 is 0 Å². The van der Waals surface area contributed by atoms with Crippen molar-refractivity contribution in [1.29, 1.82) is 0 Å². The minimum absolute atomic E-state index is 0.531. The Morgan fingerprint density at radius 1 is 0.872 bits per heavy atom. The maximum atomic E-state index is 12.1. The molecule has 2 heterocycles. The molecule has 5 atom stereocenters. The Balaban J connectivity index is 1.68. The number of thiophene rings is 1. The van der Waals surface area contributed by atoms with Gasteiger partial charge in [0, 0.05) is 42.0 Å². The lowest BCUT2D eigenvalue weighted by molar-refractivity contribution is -0.253. The lowest BCUT2D eigenvalue weighted by Crippen LogP contribution is -2.59. The molecule has 1 aliphatic heterocycles. The SMILES string of the molecule is CC(=O)O[C@@H]1[C@@H](OC(C)=O)[C@H](c2ccc(Cl)c(Cc3ccc(-c4ccccc4)s3)c2)O[C@H](CO)[C@H]1OC(C)=O. The van der Waals surface area contributed by atoms with Crippen LogP contribution in [0.15, 0.2) is 60.7 Å². The highest BCUT2D eigenvalue weighted by molar-refractivity contribution is 7.15. The molecule has 0 amide bonds. The summed E-state index contributed by atoms with van der Waals surface area (Å²) in [4.78, 5) is 38.1. The fraction of sp³-hybridized carbons (Fsp3) is 0.345. The molecule has 1 saturated heterocycles. The van der Waals surface area contributed by atoms with E-state index in [9.17, 15) is 19.5 Å². The van der Waals surface area contributed by atoms with E-state index in [1.807, 2.05) is 24.3 Å². The standard InChI is InChI=1S/C29H29ClO8S/c1-16(32)35-27-24(15-31)38-26(28(36-17(2)33)29(27)37-18(3)34)20-9-11-23(30)21(13-20)14-22-10-12-25(39-22)19-7-5-4-6-8-19/h4-13,24,26-29,31H,14-15H2,1-3H3/t24-,26+,27-,28+,29+/m1/s1. The second-order valence-corrected chi connectivity index (χ2v) is 10.7. The van der Waals surface area contributed by atoms with Crippen molar-refractivity contribution in [3.8, 4) is 10.4 Å². The molecule has 1 N–H and O–H groups in total. The van der Waals surface area contributed by atoms with Crippen LogP contribution >= 0.6 is 22.9 Å². The van der Waals surface area contributed by atoms with Crippen LogP contribution in [0.25, 0.3) is 10.4 Å². The van der Waals surface area contributed by atoms with Crippen LogP contribution in [0.3, 0.4) is 0 Å². The Kier molecular flexibility index (Phi) is 9.40. The molecule has 39 heavy (non-hydrogen) atoms. The third-order valence-electron chi connectivity index (χ3n) is 6.20. The molecule has 2 aromatic carbocycles. The van der Waals surface area contributed by atoms with E-state index in [2.05, 4.69) is 24.3 Å². The van der Waals surface area contributed by atoms with Gasteiger partial charge in [-0.15, -0.1) is 11.3 Å². The van der Waals surface area contributed by atoms with Crippen LogP contribution in [0.5, 0.6) is 0 Å². The Hall–Kier alpha value is -3.24. The zero-order valence-electron chi connectivity index (χ0n) is 21.7. The van der Waals surface area contributed by atoms with Gasteiger partial charge in [-0.2, -0.15) is 0 Å². The van der Waals surface area contributed by atoms with Gasteiger partial charge in [0.2, 0.25) is 0 Å². The predicted octanol–water partition coefficient (Wildman–Crippen LogP) is 4.89. The molecule has 1 aromatic heterocycles. The van der Waals surface area contributed by atoms with Gasteiger partial charge in [0.05, 0.1) is 6.61 Å². The van der Waals surface area contributed by atoms with Crippen molar-refractivity contribution in [1.82, 2.24) is 0 Å². The maximum Gasteiger partial charge on any atom is 0.303 e. The maximum absolute atomic E-state index is 12.1. The lowest BCUT2D eigenvalue weighted by Gasteiger charge is -2.44. The van der Waals surface area contributed by atoms with Crippen LogP contribution in [0.4, 0.5) is 0 Å². The van der Waals surface area contributed by atoms with Gasteiger partial charge in [0.15, 0.2) is 18.3 Å². The molecule has 4 rings (SSSR count). The molecule has 0 bridgehead atoms. The van der Waals surface area contributed by atoms with E-state index in [0.29, 0.717) is 17.0 Å². The molecule has 1 aliphatic rings. The molecule has 0 spiro atoms. The molecular formula is C29H29ClO8S. The summed E-state index contributed by atoms with van der Waals surface area (Å²) in [7, 11) is 0. The molecule has 8 nitrogen and oxygen atoms in total. The Labute approximate surface area is 235 Å². The number of carbonyl (C=O) groups is 3. The normalized spacial score (nSPS) is 22.6. The fourth-order valence-electron chi connectivity index (χ4n) is 4.64. The van der Waals surface area contributed by atoms with Crippen molar-refractivity contribution in [2.45, 2.75) is 57.7 Å². The van der Waals surface area contributed by atoms with Crippen LogP contribution in [0.1, 0.15) is 42.9 Å². The molecule has 0 saturated carbocycles. The number of hydrogen-bond acceptors (Lipinski definition) is 9. The average molecular weight is 573 g/mol. The second-order valence-electron chi connectivity index (χ2n) is 9.16. The van der Waals surface area contributed by atoms with Crippen LogP contribution in [-0.4, -0.2) is 54.0 Å². The number of halogens is 1. The number of benzene rings is 2. The quantitative estimate of drug-likeness (QED) is 0.300. The largest absolute Gasteiger partial charge is 0.456 e. The number of carbonyl (C=O) groups excluding carboxylic acids is 3. The predicted molar refractivity (Wildman–Crippen MR) is 145 cm³/mol. The van der Waals surface area contributed by atoms with Gasteiger partial charge in [-0.25, -0.2) is 0 Å². The zero-order chi connectivity index (χ0) is 28.1. The molecular weight excluding hydrogens is 544 g/mol. The first-order valence-corrected chi connectivity index (χ1v) is 13.6. The third-order valence-corrected chi connectivity index (χ3v) is 7.71. The van der Waals surface area contributed by atoms with Gasteiger partial charge in [0.1, 0.15) is 12.2 Å². The van der Waals surface area contributed by atoms with E-state index < -0.39 is 55.0 Å². The van der Waals surface area contributed by atoms with Gasteiger partial charge < -0.3 is 24.1 Å². The number of hydrogen-bond donors (Lipinski definition) is 1. The molecule has 10 heteroatoms. The first-order chi connectivity index (χ1) is 18.7. The van der Waals surface area contributed by atoms with Gasteiger partial charge in [-0.1, -0.05) is 54.1 Å². The zero-order valence-corrected chi connectivity index (χ0v) is 23.2. The number of aliphatic hydroxyl groups is 1. The van der Waals surface area contributed by atoms with Crippen molar-refractivity contribution >= 4 is 40.8 Å². The molecule has 206 valence electrons. The Morgan fingerprint density at radius 2 is 1.51 bits per heavy atom. The van der Waals surface area contributed by atoms with Gasteiger partial charge in [0.25, 0.3) is 0 Å². The monoisotopic (exact) mass is 572 g/mol. The molecule has 0 radical (unpaired) electrons. The van der Waals surface area contributed by atoms with Crippen molar-refractivity contribution in [3.05, 3.63) is 81.7 Å². The van der Waals surface area contributed by atoms with Crippen LogP contribution < -0.4 is 0 Å². The van der Waals surface area contributed by atoms with E-state index in [-0.39, 0.29) is 0 Å². The smallest absolute Gasteiger partial charge is 0.303 e. The lowest BCUT2D eigenvalue weighted by atomic mass is 9.89. The van der Waals surface area contributed by atoms with Gasteiger partial charge in [-0.3, -0.25) is 14.4 Å². The first-order valence-electron chi connectivity index (χ1n) is 12.4. The van der Waals surface area contributed by atoms with Crippen LogP contribution in [-0.2, 0) is 39.8 Å². The summed E-state index contributed by atoms with van der Waals surface area (Å²) >= 11 is 8.23. The van der Waals surface area contributed by atoms with E-state index in [1.165, 1.54) is 20.8 Å². The van der Waals surface area contributed by atoms with Crippen molar-refractivity contribution in [3.63, 3.8) is 0 Å². The molecule has 3 aromatic rings. The Morgan fingerprint density at radius 3 is 2.15 bits per heavy atom. The van der Waals surface area contributed by atoms with E-state index in [0.717, 1.165) is 20.9 Å². The Bertz CT molecular complexity index is 1320. The summed E-state index contributed by atoms with van der Waals surface area (Å²) < 4.78 is 22.5. The second kappa shape index (κ2) is 12.7. The minimum Gasteiger partial charge on any atom is -0.456 e. The van der Waals surface area contributed by atoms with Crippen molar-refractivity contribution < 1.29 is 38.4 Å². The third kappa shape index (κ3) is 7.05. The highest BCUT2D eigenvalue weighted by atomic mass is 35.5. The molecule has 0 aliphatic carbocycles. The number of aliphatic hydroxyl groups excluding tert-OH is 1. The van der Waals surface area contributed by atoms with E-state index in [4.69, 9.17) is 30.5 Å². The summed E-state index contributed by atoms with van der Waals surface area (Å²) in [6.45, 7) is 3.07. The number of rotatable bonds is 8. The number of esters is 3. The fourth-order valence-corrected chi connectivity index (χ4v) is 5.86. The highest BCUT2D eigenvalue weighted by Gasteiger charge is 2.52. The highest BCUT2D eigenvalue weighted by Crippen LogP contribution is 2.39. The summed E-state index contributed by atoms with van der Waals surface area (Å²) in [5, 5.41) is 10.6. The average Bonchev–Trinajstić information content (AvgIpc) is 3.36. The van der Waals surface area contributed by atoms with Crippen molar-refractivity contribution in [2.75, 3.05) is 6.61 Å². The minimum atomic E-state index is -1.21. The van der Waals surface area contributed by atoms with Crippen LogP contribution in [0.2, 0.25) is 5.02 Å². The first kappa shape index (κ1) is 28.8. The van der Waals surface area contributed by atoms with E-state index in [1.54, 1.807) is 23.5 Å². The topological polar surface area (TPSA) is 108 Å². The van der Waals surface area contributed by atoms with Gasteiger partial charge >= 0.3 is 17.9 Å². The molecule has 0 unspecified atom stereocenters. The molecule has 1 fully saturated rings. The van der Waals surface area contributed by atoms with Crippen LogP contribution in [0, 0.1) is 0 Å². The summed E-state index contributed by atoms with van der Waals surface area (Å²) in [5.41, 5.74) is 2.53. The van der Waals surface area contributed by atoms with Gasteiger partial charge in [-0.05, 0) is 34.9 Å².